The average Bonchev–Trinajstić information content (AvgIpc) is 1.87. The maximum absolute atomic E-state index is 8.43. The van der Waals surface area contributed by atoms with E-state index in [2.05, 4.69) is 6.07 Å². The molecule has 0 aromatic carbocycles. The van der Waals surface area contributed by atoms with Crippen molar-refractivity contribution in [3.05, 3.63) is 0 Å². The number of halogens is 1. The summed E-state index contributed by atoms with van der Waals surface area (Å²) < 4.78 is -0.387. The molecule has 46 valence electrons. The molecule has 8 heavy (non-hydrogen) atoms. The summed E-state index contributed by atoms with van der Waals surface area (Å²) >= 11 is 6.94. The molecule has 0 aliphatic heterocycles. The molecule has 1 unspecified atom stereocenters. The number of nitrogens with zero attached hydrogens (tertiary/aromatic N) is 1. The maximum Gasteiger partial charge on any atom is 0.113 e. The van der Waals surface area contributed by atoms with Crippen molar-refractivity contribution in [3.63, 3.8) is 0 Å². The average molecular weight is 150 g/mol. The van der Waals surface area contributed by atoms with Gasteiger partial charge in [-0.1, -0.05) is 0 Å². The second-order valence-electron chi connectivity index (χ2n) is 1.68. The van der Waals surface area contributed by atoms with Crippen molar-refractivity contribution in [2.24, 2.45) is 0 Å². The minimum Gasteiger partial charge on any atom is -0.197 e. The van der Waals surface area contributed by atoms with E-state index < -0.39 is 0 Å². The fourth-order valence-corrected chi connectivity index (χ4v) is 0.718. The van der Waals surface area contributed by atoms with Crippen LogP contribution in [0.2, 0.25) is 0 Å². The Morgan fingerprint density at radius 2 is 2.38 bits per heavy atom. The molecule has 0 aliphatic rings. The molecule has 1 nitrogen and oxygen atoms in total. The van der Waals surface area contributed by atoms with E-state index in [9.17, 15) is 0 Å². The van der Waals surface area contributed by atoms with Crippen molar-refractivity contribution < 1.29 is 0 Å². The van der Waals surface area contributed by atoms with Gasteiger partial charge in [-0.05, 0) is 13.2 Å². The van der Waals surface area contributed by atoms with Crippen LogP contribution in [0.3, 0.4) is 0 Å². The Morgan fingerprint density at radius 1 is 1.88 bits per heavy atom. The van der Waals surface area contributed by atoms with Crippen LogP contribution >= 0.6 is 23.4 Å². The summed E-state index contributed by atoms with van der Waals surface area (Å²) in [7, 11) is 0. The van der Waals surface area contributed by atoms with E-state index in [-0.39, 0.29) is 4.75 Å². The molecule has 0 rings (SSSR count). The second kappa shape index (κ2) is 3.21. The van der Waals surface area contributed by atoms with Crippen LogP contribution in [-0.2, 0) is 0 Å². The molecule has 0 N–H and O–H groups in total. The van der Waals surface area contributed by atoms with Gasteiger partial charge in [-0.3, -0.25) is 0 Å². The molecule has 0 aliphatic carbocycles. The van der Waals surface area contributed by atoms with Gasteiger partial charge in [-0.25, -0.2) is 0 Å². The highest BCUT2D eigenvalue weighted by atomic mass is 35.5. The normalized spacial score (nSPS) is 16.8. The SMILES string of the molecule is CSC(C)(C#N)CCl. The topological polar surface area (TPSA) is 23.8 Å². The smallest absolute Gasteiger partial charge is 0.113 e. The van der Waals surface area contributed by atoms with Crippen molar-refractivity contribution in [2.75, 3.05) is 12.1 Å². The summed E-state index contributed by atoms with van der Waals surface area (Å²) in [5, 5.41) is 8.43. The highest BCUT2D eigenvalue weighted by Crippen LogP contribution is 2.21. The first-order chi connectivity index (χ1) is 3.68. The summed E-state index contributed by atoms with van der Waals surface area (Å²) in [6, 6.07) is 2.11. The predicted molar refractivity (Wildman–Crippen MR) is 38.3 cm³/mol. The van der Waals surface area contributed by atoms with Gasteiger partial charge in [0.15, 0.2) is 0 Å². The number of hydrogen-bond acceptors (Lipinski definition) is 2. The second-order valence-corrected chi connectivity index (χ2v) is 3.26. The lowest BCUT2D eigenvalue weighted by Gasteiger charge is -2.12. The van der Waals surface area contributed by atoms with E-state index in [1.54, 1.807) is 0 Å². The third-order valence-electron chi connectivity index (χ3n) is 0.942. The minimum absolute atomic E-state index is 0.387. The van der Waals surface area contributed by atoms with Crippen LogP contribution in [0.4, 0.5) is 0 Å². The molecule has 0 fully saturated rings. The zero-order valence-electron chi connectivity index (χ0n) is 4.94. The molecule has 0 aromatic rings. The number of alkyl halides is 1. The highest BCUT2D eigenvalue weighted by molar-refractivity contribution is 8.00. The van der Waals surface area contributed by atoms with Crippen molar-refractivity contribution in [1.82, 2.24) is 0 Å². The predicted octanol–water partition coefficient (Wildman–Crippen LogP) is 1.87. The van der Waals surface area contributed by atoms with E-state index in [0.717, 1.165) is 0 Å². The zero-order valence-corrected chi connectivity index (χ0v) is 6.51. The molecule has 0 spiro atoms. The molecule has 0 saturated heterocycles. The van der Waals surface area contributed by atoms with Gasteiger partial charge >= 0.3 is 0 Å². The van der Waals surface area contributed by atoms with Gasteiger partial charge in [-0.2, -0.15) is 5.26 Å². The summed E-state index contributed by atoms with van der Waals surface area (Å²) in [5.41, 5.74) is 0. The van der Waals surface area contributed by atoms with Gasteiger partial charge in [0, 0.05) is 5.88 Å². The lowest BCUT2D eigenvalue weighted by molar-refractivity contribution is 0.926. The van der Waals surface area contributed by atoms with E-state index in [1.807, 2.05) is 13.2 Å². The Morgan fingerprint density at radius 3 is 2.38 bits per heavy atom. The summed E-state index contributed by atoms with van der Waals surface area (Å²) in [4.78, 5) is 0. The van der Waals surface area contributed by atoms with Crippen molar-refractivity contribution >= 4 is 23.4 Å². The monoisotopic (exact) mass is 149 g/mol. The van der Waals surface area contributed by atoms with Crippen LogP contribution in [-0.4, -0.2) is 16.9 Å². The Hall–Kier alpha value is 0.130. The fourth-order valence-electron chi connectivity index (χ4n) is 0.130. The fraction of sp³-hybridized carbons (Fsp3) is 0.800. The van der Waals surface area contributed by atoms with Gasteiger partial charge in [0.05, 0.1) is 6.07 Å². The molecular formula is C5H8ClNS. The number of rotatable bonds is 2. The van der Waals surface area contributed by atoms with Crippen molar-refractivity contribution in [3.8, 4) is 6.07 Å². The first kappa shape index (κ1) is 8.13. The van der Waals surface area contributed by atoms with Gasteiger partial charge in [0.25, 0.3) is 0 Å². The maximum atomic E-state index is 8.43. The zero-order chi connectivity index (χ0) is 6.62. The Balaban J connectivity index is 3.83. The van der Waals surface area contributed by atoms with E-state index in [1.165, 1.54) is 11.8 Å². The van der Waals surface area contributed by atoms with Gasteiger partial charge in [-0.15, -0.1) is 23.4 Å². The molecule has 3 heteroatoms. The van der Waals surface area contributed by atoms with Gasteiger partial charge < -0.3 is 0 Å². The highest BCUT2D eigenvalue weighted by Gasteiger charge is 2.19. The van der Waals surface area contributed by atoms with Crippen LogP contribution in [0.25, 0.3) is 0 Å². The largest absolute Gasteiger partial charge is 0.197 e. The van der Waals surface area contributed by atoms with E-state index in [4.69, 9.17) is 16.9 Å². The van der Waals surface area contributed by atoms with Gasteiger partial charge in [0.2, 0.25) is 0 Å². The quantitative estimate of drug-likeness (QED) is 0.560. The Bertz CT molecular complexity index is 103. The standard InChI is InChI=1S/C5H8ClNS/c1-5(3-6,4-7)8-2/h3H2,1-2H3. The first-order valence-electron chi connectivity index (χ1n) is 2.21. The Kier molecular flexibility index (Phi) is 3.27. The molecule has 0 aromatic heterocycles. The molecule has 1 atom stereocenters. The van der Waals surface area contributed by atoms with Crippen LogP contribution in [0.15, 0.2) is 0 Å². The third-order valence-corrected chi connectivity index (χ3v) is 2.77. The molecule has 0 radical (unpaired) electrons. The number of nitriles is 1. The van der Waals surface area contributed by atoms with E-state index in [0.29, 0.717) is 5.88 Å². The van der Waals surface area contributed by atoms with Crippen LogP contribution in [0, 0.1) is 11.3 Å². The molecule has 0 saturated carbocycles. The summed E-state index contributed by atoms with van der Waals surface area (Å²) in [6.07, 6.45) is 1.88. The third kappa shape index (κ3) is 1.94. The van der Waals surface area contributed by atoms with Crippen LogP contribution in [0.5, 0.6) is 0 Å². The molecule has 0 amide bonds. The lowest BCUT2D eigenvalue weighted by Crippen LogP contribution is -2.18. The Labute approximate surface area is 59.0 Å². The summed E-state index contributed by atoms with van der Waals surface area (Å²) in [6.45, 7) is 1.82. The minimum atomic E-state index is -0.387. The van der Waals surface area contributed by atoms with E-state index >= 15 is 0 Å². The number of hydrogen-bond donors (Lipinski definition) is 0. The summed E-state index contributed by atoms with van der Waals surface area (Å²) in [5.74, 6) is 0.394. The van der Waals surface area contributed by atoms with Crippen molar-refractivity contribution in [2.45, 2.75) is 11.7 Å². The number of thioether (sulfide) groups is 1. The van der Waals surface area contributed by atoms with Gasteiger partial charge in [0.1, 0.15) is 4.75 Å². The van der Waals surface area contributed by atoms with Crippen molar-refractivity contribution in [1.29, 1.82) is 5.26 Å². The molecular weight excluding hydrogens is 142 g/mol. The van der Waals surface area contributed by atoms with Crippen LogP contribution < -0.4 is 0 Å². The first-order valence-corrected chi connectivity index (χ1v) is 3.97. The molecule has 0 bridgehead atoms. The molecule has 0 heterocycles. The lowest BCUT2D eigenvalue weighted by atomic mass is 10.2. The van der Waals surface area contributed by atoms with Crippen LogP contribution in [0.1, 0.15) is 6.92 Å².